The van der Waals surface area contributed by atoms with Crippen LogP contribution >= 0.6 is 0 Å². The number of carbonyl (C=O) groups is 4. The van der Waals surface area contributed by atoms with Gasteiger partial charge in [0.15, 0.2) is 12.2 Å². The Bertz CT molecular complexity index is 1430. The van der Waals surface area contributed by atoms with Crippen LogP contribution in [0.15, 0.2) is 91.0 Å². The van der Waals surface area contributed by atoms with Crippen molar-refractivity contribution < 1.29 is 47.6 Å². The van der Waals surface area contributed by atoms with Gasteiger partial charge in [0.25, 0.3) is 0 Å². The second-order valence-corrected chi connectivity index (χ2v) is 12.5. The Morgan fingerprint density at radius 3 is 1.25 bits per heavy atom. The van der Waals surface area contributed by atoms with E-state index in [2.05, 4.69) is 0 Å². The lowest BCUT2D eigenvalue weighted by Crippen LogP contribution is -2.63. The number of ether oxygens (including phenoxy) is 6. The summed E-state index contributed by atoms with van der Waals surface area (Å²) in [6.45, 7) is 7.09. The highest BCUT2D eigenvalue weighted by Gasteiger charge is 2.54. The molecule has 10 nitrogen and oxygen atoms in total. The molecule has 0 saturated carbocycles. The molecule has 0 N–H and O–H groups in total. The Kier molecular flexibility index (Phi) is 15.2. The third-order valence-corrected chi connectivity index (χ3v) is 8.46. The molecule has 0 radical (unpaired) electrons. The molecule has 0 bridgehead atoms. The van der Waals surface area contributed by atoms with Crippen molar-refractivity contribution >= 4 is 23.9 Å². The Morgan fingerprint density at radius 1 is 0.510 bits per heavy atom. The van der Waals surface area contributed by atoms with E-state index in [-0.39, 0.29) is 32.3 Å². The molecule has 1 aliphatic rings. The first-order valence-electron chi connectivity index (χ1n) is 18.0. The van der Waals surface area contributed by atoms with E-state index >= 15 is 0 Å². The van der Waals surface area contributed by atoms with Crippen LogP contribution in [0.1, 0.15) is 95.8 Å². The summed E-state index contributed by atoms with van der Waals surface area (Å²) in [6, 6.07) is 29.1. The molecule has 51 heavy (non-hydrogen) atoms. The third kappa shape index (κ3) is 10.3. The van der Waals surface area contributed by atoms with Gasteiger partial charge in [-0.15, -0.1) is 0 Å². The number of rotatable bonds is 18. The largest absolute Gasteiger partial charge is 0.455 e. The van der Waals surface area contributed by atoms with Gasteiger partial charge in [0.1, 0.15) is 11.7 Å². The molecule has 0 aliphatic carbocycles. The molecule has 0 spiro atoms. The zero-order chi connectivity index (χ0) is 36.6. The van der Waals surface area contributed by atoms with E-state index in [1.54, 1.807) is 0 Å². The summed E-state index contributed by atoms with van der Waals surface area (Å²) >= 11 is 0. The van der Waals surface area contributed by atoms with Gasteiger partial charge >= 0.3 is 23.9 Å². The van der Waals surface area contributed by atoms with Gasteiger partial charge in [-0.05, 0) is 42.4 Å². The number of benzene rings is 3. The summed E-state index contributed by atoms with van der Waals surface area (Å²) in [6.07, 6.45) is -4.46. The van der Waals surface area contributed by atoms with E-state index < -0.39 is 60.2 Å². The standard InChI is InChI=1S/C41H50O10/c1-5-18-33(42)48-37-32(47-40(51-36(45)21-8-4)39(50-35(44)20-7-3)38(37)49-34(43)19-6-2)28-46-41(29-22-12-9-13-23-29,30-24-14-10-15-25-30)31-26-16-11-17-27-31/h9-17,22-27,32,37-40H,5-8,18-21,28H2,1-4H3/t32-,37-,38+,39-,40+/m1/s1. The smallest absolute Gasteiger partial charge is 0.308 e. The van der Waals surface area contributed by atoms with Crippen molar-refractivity contribution in [2.45, 2.75) is 115 Å². The van der Waals surface area contributed by atoms with Crippen LogP contribution in [0.3, 0.4) is 0 Å². The number of hydrogen-bond acceptors (Lipinski definition) is 10. The Hall–Kier alpha value is -4.54. The molecule has 0 amide bonds. The topological polar surface area (TPSA) is 124 Å². The fourth-order valence-electron chi connectivity index (χ4n) is 6.12. The fourth-order valence-corrected chi connectivity index (χ4v) is 6.12. The van der Waals surface area contributed by atoms with Gasteiger partial charge in [0.2, 0.25) is 12.4 Å². The number of hydrogen-bond donors (Lipinski definition) is 0. The molecule has 0 unspecified atom stereocenters. The van der Waals surface area contributed by atoms with Crippen molar-refractivity contribution in [3.8, 4) is 0 Å². The Morgan fingerprint density at radius 2 is 0.863 bits per heavy atom. The van der Waals surface area contributed by atoms with Crippen LogP contribution < -0.4 is 0 Å². The third-order valence-electron chi connectivity index (χ3n) is 8.46. The van der Waals surface area contributed by atoms with E-state index in [9.17, 15) is 19.2 Å². The first-order chi connectivity index (χ1) is 24.8. The van der Waals surface area contributed by atoms with Crippen molar-refractivity contribution in [2.24, 2.45) is 0 Å². The second kappa shape index (κ2) is 19.7. The Balaban J connectivity index is 1.86. The maximum absolute atomic E-state index is 13.2. The van der Waals surface area contributed by atoms with Crippen LogP contribution in [0.5, 0.6) is 0 Å². The molecule has 1 saturated heterocycles. The van der Waals surface area contributed by atoms with Gasteiger partial charge in [0.05, 0.1) is 6.61 Å². The fraction of sp³-hybridized carbons (Fsp3) is 0.463. The van der Waals surface area contributed by atoms with Crippen molar-refractivity contribution in [3.05, 3.63) is 108 Å². The van der Waals surface area contributed by atoms with Gasteiger partial charge in [-0.2, -0.15) is 0 Å². The van der Waals surface area contributed by atoms with Gasteiger partial charge in [-0.25, -0.2) is 0 Å². The summed E-state index contributed by atoms with van der Waals surface area (Å²) in [7, 11) is 0. The zero-order valence-electron chi connectivity index (χ0n) is 30.0. The molecule has 3 aromatic carbocycles. The van der Waals surface area contributed by atoms with E-state index in [1.165, 1.54) is 0 Å². The van der Waals surface area contributed by atoms with Crippen LogP contribution in [-0.4, -0.2) is 61.2 Å². The molecule has 1 heterocycles. The van der Waals surface area contributed by atoms with Crippen LogP contribution in [0, 0.1) is 0 Å². The molecule has 0 aromatic heterocycles. The minimum Gasteiger partial charge on any atom is -0.455 e. The van der Waals surface area contributed by atoms with Gasteiger partial charge in [0, 0.05) is 25.7 Å². The SMILES string of the molecule is CCCC(=O)O[C@@H]1O[C@H](COC(c2ccccc2)(c2ccccc2)c2ccccc2)[C@@H](OC(=O)CCC)[C@H](OC(=O)CCC)[C@H]1OC(=O)CCC. The highest BCUT2D eigenvalue weighted by molar-refractivity contribution is 5.72. The van der Waals surface area contributed by atoms with Crippen molar-refractivity contribution in [2.75, 3.05) is 6.61 Å². The lowest BCUT2D eigenvalue weighted by Gasteiger charge is -2.45. The van der Waals surface area contributed by atoms with Gasteiger partial charge in [-0.3, -0.25) is 19.2 Å². The van der Waals surface area contributed by atoms with Crippen LogP contribution in [0.25, 0.3) is 0 Å². The molecular weight excluding hydrogens is 652 g/mol. The highest BCUT2D eigenvalue weighted by Crippen LogP contribution is 2.41. The van der Waals surface area contributed by atoms with Crippen LogP contribution in [-0.2, 0) is 53.2 Å². The predicted octanol–water partition coefficient (Wildman–Crippen LogP) is 7.20. The Labute approximate surface area is 300 Å². The molecule has 4 rings (SSSR count). The van der Waals surface area contributed by atoms with E-state index in [4.69, 9.17) is 28.4 Å². The highest BCUT2D eigenvalue weighted by atomic mass is 16.7. The molecule has 10 heteroatoms. The van der Waals surface area contributed by atoms with Gasteiger partial charge < -0.3 is 28.4 Å². The summed E-state index contributed by atoms with van der Waals surface area (Å²) in [5.41, 5.74) is 1.28. The molecule has 3 aromatic rings. The number of carbonyl (C=O) groups excluding carboxylic acids is 4. The first-order valence-corrected chi connectivity index (χ1v) is 18.0. The minimum absolute atomic E-state index is 0.0579. The molecule has 1 fully saturated rings. The van der Waals surface area contributed by atoms with Crippen LogP contribution in [0.4, 0.5) is 0 Å². The normalized spacial score (nSPS) is 20.2. The summed E-state index contributed by atoms with van der Waals surface area (Å²) in [5.74, 6) is -2.36. The summed E-state index contributed by atoms with van der Waals surface area (Å²) < 4.78 is 37.1. The maximum atomic E-state index is 13.2. The lowest BCUT2D eigenvalue weighted by atomic mass is 9.80. The van der Waals surface area contributed by atoms with Crippen molar-refractivity contribution in [1.82, 2.24) is 0 Å². The first kappa shape index (κ1) is 39.2. The van der Waals surface area contributed by atoms with Crippen molar-refractivity contribution in [3.63, 3.8) is 0 Å². The average Bonchev–Trinajstić information content (AvgIpc) is 3.13. The average molecular weight is 703 g/mol. The monoisotopic (exact) mass is 702 g/mol. The quantitative estimate of drug-likeness (QED) is 0.0764. The molecular formula is C41H50O10. The predicted molar refractivity (Wildman–Crippen MR) is 189 cm³/mol. The van der Waals surface area contributed by atoms with E-state index in [0.29, 0.717) is 25.7 Å². The van der Waals surface area contributed by atoms with E-state index in [1.807, 2.05) is 119 Å². The second-order valence-electron chi connectivity index (χ2n) is 12.5. The van der Waals surface area contributed by atoms with Gasteiger partial charge in [-0.1, -0.05) is 119 Å². The molecule has 5 atom stereocenters. The minimum atomic E-state index is -1.49. The summed E-state index contributed by atoms with van der Waals surface area (Å²) in [5, 5.41) is 0. The molecule has 1 aliphatic heterocycles. The summed E-state index contributed by atoms with van der Waals surface area (Å²) in [4.78, 5) is 52.3. The maximum Gasteiger partial charge on any atom is 0.308 e. The molecule has 274 valence electrons. The van der Waals surface area contributed by atoms with Crippen molar-refractivity contribution in [1.29, 1.82) is 0 Å². The lowest BCUT2D eigenvalue weighted by molar-refractivity contribution is -0.304. The zero-order valence-corrected chi connectivity index (χ0v) is 30.0. The van der Waals surface area contributed by atoms with Crippen LogP contribution in [0.2, 0.25) is 0 Å². The van der Waals surface area contributed by atoms with E-state index in [0.717, 1.165) is 16.7 Å². The number of esters is 4.